The number of hydrogen-bond donors (Lipinski definition) is 0. The van der Waals surface area contributed by atoms with Crippen molar-refractivity contribution in [2.75, 3.05) is 13.7 Å². The van der Waals surface area contributed by atoms with E-state index in [1.807, 2.05) is 6.92 Å². The molecule has 0 aromatic heterocycles. The van der Waals surface area contributed by atoms with Gasteiger partial charge in [0.25, 0.3) is 0 Å². The molecule has 0 amide bonds. The first-order valence-corrected chi connectivity index (χ1v) is 7.90. The molecule has 3 nitrogen and oxygen atoms in total. The zero-order valence-electron chi connectivity index (χ0n) is 9.18. The quantitative estimate of drug-likeness (QED) is 0.640. The minimum absolute atomic E-state index is 0.351. The second-order valence-electron chi connectivity index (χ2n) is 4.11. The van der Waals surface area contributed by atoms with E-state index in [2.05, 4.69) is 25.7 Å². The van der Waals surface area contributed by atoms with E-state index in [0.29, 0.717) is 13.0 Å². The highest BCUT2D eigenvalue weighted by Crippen LogP contribution is 2.21. The van der Waals surface area contributed by atoms with Gasteiger partial charge < -0.3 is 9.16 Å². The van der Waals surface area contributed by atoms with Crippen molar-refractivity contribution in [3.63, 3.8) is 0 Å². The molecule has 0 aliphatic carbocycles. The van der Waals surface area contributed by atoms with Gasteiger partial charge in [-0.15, -0.1) is 0 Å². The highest BCUT2D eigenvalue weighted by molar-refractivity contribution is 6.69. The van der Waals surface area contributed by atoms with Gasteiger partial charge in [-0.25, -0.2) is 0 Å². The van der Waals surface area contributed by atoms with Crippen LogP contribution in [-0.4, -0.2) is 27.6 Å². The van der Waals surface area contributed by atoms with Crippen molar-refractivity contribution in [3.8, 4) is 6.07 Å². The second kappa shape index (κ2) is 4.75. The van der Waals surface area contributed by atoms with Crippen LogP contribution in [0.25, 0.3) is 0 Å². The number of methoxy groups -OCH3 is 1. The number of ether oxygens (including phenoxy) is 1. The van der Waals surface area contributed by atoms with Gasteiger partial charge in [0.05, 0.1) is 12.7 Å². The summed E-state index contributed by atoms with van der Waals surface area (Å²) in [5, 5.41) is 9.04. The lowest BCUT2D eigenvalue weighted by molar-refractivity contribution is 0.0233. The summed E-state index contributed by atoms with van der Waals surface area (Å²) in [6, 6.07) is 2.21. The fourth-order valence-corrected chi connectivity index (χ4v) is 2.58. The largest absolute Gasteiger partial charge is 0.398 e. The van der Waals surface area contributed by atoms with Crippen molar-refractivity contribution in [2.24, 2.45) is 0 Å². The summed E-state index contributed by atoms with van der Waals surface area (Å²) < 4.78 is 10.8. The molecular formula is C9H19NO2Si. The van der Waals surface area contributed by atoms with Crippen LogP contribution in [0.3, 0.4) is 0 Å². The maximum absolute atomic E-state index is 9.04. The van der Waals surface area contributed by atoms with Crippen molar-refractivity contribution < 1.29 is 9.16 Å². The summed E-state index contributed by atoms with van der Waals surface area (Å²) in [4.78, 5) is 0. The third kappa shape index (κ3) is 4.41. The molecule has 0 radical (unpaired) electrons. The third-order valence-corrected chi connectivity index (χ3v) is 2.66. The minimum Gasteiger partial charge on any atom is -0.398 e. The van der Waals surface area contributed by atoms with Crippen LogP contribution in [0.1, 0.15) is 13.3 Å². The van der Waals surface area contributed by atoms with E-state index in [9.17, 15) is 0 Å². The van der Waals surface area contributed by atoms with Crippen LogP contribution in [0, 0.1) is 11.3 Å². The highest BCUT2D eigenvalue weighted by Gasteiger charge is 2.34. The van der Waals surface area contributed by atoms with Crippen LogP contribution in [0.15, 0.2) is 0 Å². The Kier molecular flexibility index (Phi) is 4.61. The van der Waals surface area contributed by atoms with Crippen molar-refractivity contribution in [1.82, 2.24) is 0 Å². The fourth-order valence-electron chi connectivity index (χ4n) is 1.16. The number of nitrogens with zero attached hydrogens (tertiary/aromatic N) is 1. The Balaban J connectivity index is 4.50. The maximum atomic E-state index is 9.04. The Morgan fingerprint density at radius 2 is 1.92 bits per heavy atom. The van der Waals surface area contributed by atoms with Gasteiger partial charge in [-0.05, 0) is 26.1 Å². The van der Waals surface area contributed by atoms with E-state index in [1.54, 1.807) is 7.11 Å². The lowest BCUT2D eigenvalue weighted by Gasteiger charge is -2.32. The minimum atomic E-state index is -1.67. The summed E-state index contributed by atoms with van der Waals surface area (Å²) in [6.45, 7) is 8.52. The lowest BCUT2D eigenvalue weighted by Crippen LogP contribution is -2.44. The van der Waals surface area contributed by atoms with Gasteiger partial charge in [-0.1, -0.05) is 6.92 Å². The normalized spacial score (nSPS) is 16.3. The first-order chi connectivity index (χ1) is 5.89. The van der Waals surface area contributed by atoms with E-state index >= 15 is 0 Å². The Morgan fingerprint density at radius 1 is 1.38 bits per heavy atom. The Bertz CT molecular complexity index is 195. The maximum Gasteiger partial charge on any atom is 0.186 e. The predicted octanol–water partition coefficient (Wildman–Crippen LogP) is 2.16. The van der Waals surface area contributed by atoms with Gasteiger partial charge in [0.15, 0.2) is 13.9 Å². The van der Waals surface area contributed by atoms with Crippen LogP contribution in [-0.2, 0) is 9.16 Å². The first-order valence-electron chi connectivity index (χ1n) is 4.49. The van der Waals surface area contributed by atoms with E-state index in [4.69, 9.17) is 14.4 Å². The molecule has 4 heteroatoms. The molecule has 0 bridgehead atoms. The Morgan fingerprint density at radius 3 is 2.15 bits per heavy atom. The van der Waals surface area contributed by atoms with Gasteiger partial charge in [0, 0.05) is 7.11 Å². The van der Waals surface area contributed by atoms with Crippen LogP contribution < -0.4 is 0 Å². The molecule has 0 aliphatic rings. The topological polar surface area (TPSA) is 42.2 Å². The van der Waals surface area contributed by atoms with E-state index in [1.165, 1.54) is 0 Å². The monoisotopic (exact) mass is 201 g/mol. The number of rotatable bonds is 5. The molecule has 0 saturated heterocycles. The number of nitriles is 1. The van der Waals surface area contributed by atoms with Crippen LogP contribution >= 0.6 is 0 Å². The SMILES string of the molecule is CCC(C#N)(COC)O[Si](C)(C)C. The molecular weight excluding hydrogens is 182 g/mol. The fraction of sp³-hybridized carbons (Fsp3) is 0.889. The van der Waals surface area contributed by atoms with Gasteiger partial charge >= 0.3 is 0 Å². The molecule has 0 N–H and O–H groups in total. The van der Waals surface area contributed by atoms with Gasteiger partial charge in [-0.2, -0.15) is 5.26 Å². The number of hydrogen-bond acceptors (Lipinski definition) is 3. The lowest BCUT2D eigenvalue weighted by atomic mass is 10.1. The van der Waals surface area contributed by atoms with E-state index in [-0.39, 0.29) is 0 Å². The second-order valence-corrected chi connectivity index (χ2v) is 8.54. The van der Waals surface area contributed by atoms with Crippen LogP contribution in [0.5, 0.6) is 0 Å². The molecule has 13 heavy (non-hydrogen) atoms. The predicted molar refractivity (Wildman–Crippen MR) is 54.9 cm³/mol. The molecule has 0 aliphatic heterocycles. The molecule has 0 fully saturated rings. The zero-order chi connectivity index (χ0) is 10.5. The molecule has 0 saturated carbocycles. The van der Waals surface area contributed by atoms with Crippen molar-refractivity contribution in [3.05, 3.63) is 0 Å². The Hall–Kier alpha value is -0.373. The molecule has 0 aromatic carbocycles. The van der Waals surface area contributed by atoms with Crippen molar-refractivity contribution >= 4 is 8.32 Å². The molecule has 0 heterocycles. The Labute approximate surface area is 81.8 Å². The molecule has 0 spiro atoms. The van der Waals surface area contributed by atoms with E-state index in [0.717, 1.165) is 0 Å². The van der Waals surface area contributed by atoms with Crippen molar-refractivity contribution in [1.29, 1.82) is 5.26 Å². The summed E-state index contributed by atoms with van der Waals surface area (Å²) in [5.74, 6) is 0. The summed E-state index contributed by atoms with van der Waals surface area (Å²) in [6.07, 6.45) is 0.668. The highest BCUT2D eigenvalue weighted by atomic mass is 28.4. The molecule has 1 atom stereocenters. The summed E-state index contributed by atoms with van der Waals surface area (Å²) >= 11 is 0. The molecule has 0 aromatic rings. The van der Waals surface area contributed by atoms with E-state index < -0.39 is 13.9 Å². The summed E-state index contributed by atoms with van der Waals surface area (Å²) in [7, 11) is -0.0817. The zero-order valence-corrected chi connectivity index (χ0v) is 10.2. The van der Waals surface area contributed by atoms with Gasteiger partial charge in [0.1, 0.15) is 0 Å². The standard InChI is InChI=1S/C9H19NO2Si/c1-6-9(7-10,8-11-2)12-13(3,4)5/h6,8H2,1-5H3. The van der Waals surface area contributed by atoms with Crippen molar-refractivity contribution in [2.45, 2.75) is 38.6 Å². The molecule has 0 rings (SSSR count). The third-order valence-electron chi connectivity index (χ3n) is 1.65. The van der Waals surface area contributed by atoms with Gasteiger partial charge in [0.2, 0.25) is 0 Å². The first kappa shape index (κ1) is 12.6. The van der Waals surface area contributed by atoms with Crippen LogP contribution in [0.4, 0.5) is 0 Å². The van der Waals surface area contributed by atoms with Crippen LogP contribution in [0.2, 0.25) is 19.6 Å². The average molecular weight is 201 g/mol. The average Bonchev–Trinajstić information content (AvgIpc) is 2.01. The van der Waals surface area contributed by atoms with Gasteiger partial charge in [-0.3, -0.25) is 0 Å². The smallest absolute Gasteiger partial charge is 0.186 e. The summed E-state index contributed by atoms with van der Waals surface area (Å²) in [5.41, 5.74) is -0.737. The molecule has 76 valence electrons. The molecule has 1 unspecified atom stereocenters.